The van der Waals surface area contributed by atoms with Gasteiger partial charge in [-0.1, -0.05) is 90.8 Å². The van der Waals surface area contributed by atoms with Crippen molar-refractivity contribution in [2.45, 2.75) is 69.3 Å². The van der Waals surface area contributed by atoms with Gasteiger partial charge in [0.1, 0.15) is 37.0 Å². The molecule has 0 bridgehead atoms. The minimum Gasteiger partial charge on any atom is -0.459 e. The van der Waals surface area contributed by atoms with Crippen LogP contribution in [0.1, 0.15) is 62.0 Å². The first-order valence-corrected chi connectivity index (χ1v) is 21.2. The first kappa shape index (κ1) is 42.9. The molecule has 60 heavy (non-hydrogen) atoms. The van der Waals surface area contributed by atoms with Crippen molar-refractivity contribution in [2.75, 3.05) is 47.2 Å². The van der Waals surface area contributed by atoms with Gasteiger partial charge in [0.25, 0.3) is 0 Å². The number of nitrogens with zero attached hydrogens (tertiary/aromatic N) is 2. The molecule has 3 aliphatic rings. The number of ether oxygens (including phenoxy) is 5. The van der Waals surface area contributed by atoms with Crippen LogP contribution in [0, 0.1) is 17.8 Å². The number of amides is 1. The number of carbonyl (C=O) groups excluding carboxylic acids is 1. The fourth-order valence-electron chi connectivity index (χ4n) is 9.45. The number of allylic oxidation sites excluding steroid dienone is 1. The molecule has 0 spiro atoms. The van der Waals surface area contributed by atoms with Crippen molar-refractivity contribution in [1.82, 2.24) is 4.90 Å². The second-order valence-corrected chi connectivity index (χ2v) is 15.8. The molecule has 0 unspecified atom stereocenters. The number of aliphatic hydroxyl groups is 2. The van der Waals surface area contributed by atoms with E-state index >= 15 is 0 Å². The molecular formula is C49H58N2O9. The third-order valence-corrected chi connectivity index (χ3v) is 12.1. The third kappa shape index (κ3) is 9.39. The van der Waals surface area contributed by atoms with E-state index in [2.05, 4.69) is 42.1 Å². The van der Waals surface area contributed by atoms with E-state index in [0.717, 1.165) is 58.9 Å². The number of oxime groups is 1. The zero-order valence-corrected chi connectivity index (χ0v) is 34.7. The smallest absolute Gasteiger partial charge is 0.410 e. The summed E-state index contributed by atoms with van der Waals surface area (Å²) < 4.78 is 32.4. The average molecular weight is 819 g/mol. The van der Waals surface area contributed by atoms with Crippen LogP contribution < -0.4 is 9.47 Å². The maximum atomic E-state index is 14.0. The lowest BCUT2D eigenvalue weighted by Crippen LogP contribution is -2.69. The molecule has 4 aromatic carbocycles. The van der Waals surface area contributed by atoms with E-state index in [0.29, 0.717) is 36.7 Å². The van der Waals surface area contributed by atoms with Crippen molar-refractivity contribution in [1.29, 1.82) is 0 Å². The second kappa shape index (κ2) is 20.4. The number of benzene rings is 4. The Labute approximate surface area is 353 Å². The molecule has 4 aromatic rings. The molecule has 7 rings (SSSR count). The van der Waals surface area contributed by atoms with E-state index in [9.17, 15) is 15.0 Å². The summed E-state index contributed by atoms with van der Waals surface area (Å²) in [6.45, 7) is 5.08. The molecule has 11 heteroatoms. The van der Waals surface area contributed by atoms with Crippen LogP contribution in [0.2, 0.25) is 0 Å². The van der Waals surface area contributed by atoms with Gasteiger partial charge in [0.05, 0.1) is 31.5 Å². The van der Waals surface area contributed by atoms with Gasteiger partial charge in [-0.15, -0.1) is 6.58 Å². The van der Waals surface area contributed by atoms with Crippen molar-refractivity contribution in [3.8, 4) is 17.2 Å². The highest BCUT2D eigenvalue weighted by Gasteiger charge is 2.65. The molecule has 1 heterocycles. The summed E-state index contributed by atoms with van der Waals surface area (Å²) >= 11 is 0. The number of hydrogen-bond acceptors (Lipinski definition) is 10. The van der Waals surface area contributed by atoms with Gasteiger partial charge in [0, 0.05) is 38.2 Å². The number of carbonyl (C=O) groups is 1. The number of fused-ring (bicyclic) bond motifs is 3. The van der Waals surface area contributed by atoms with Crippen LogP contribution in [0.15, 0.2) is 120 Å². The van der Waals surface area contributed by atoms with E-state index in [1.165, 1.54) is 7.11 Å². The average Bonchev–Trinajstić information content (AvgIpc) is 3.27. The minimum atomic E-state index is -1.38. The van der Waals surface area contributed by atoms with Crippen molar-refractivity contribution in [2.24, 2.45) is 22.9 Å². The summed E-state index contributed by atoms with van der Waals surface area (Å²) in [5.74, 6) is 0.214. The van der Waals surface area contributed by atoms with Gasteiger partial charge in [0.15, 0.2) is 0 Å². The van der Waals surface area contributed by atoms with Gasteiger partial charge in [0.2, 0.25) is 5.79 Å². The van der Waals surface area contributed by atoms with Gasteiger partial charge in [-0.3, -0.25) is 0 Å². The molecule has 2 N–H and O–H groups in total. The normalized spacial score (nSPS) is 23.5. The monoisotopic (exact) mass is 818 g/mol. The summed E-state index contributed by atoms with van der Waals surface area (Å²) in [7, 11) is 3.25. The Bertz CT molecular complexity index is 2120. The Morgan fingerprint density at radius 1 is 0.917 bits per heavy atom. The van der Waals surface area contributed by atoms with Gasteiger partial charge in [-0.05, 0) is 89.8 Å². The number of rotatable bonds is 20. The predicted octanol–water partition coefficient (Wildman–Crippen LogP) is 9.18. The largest absolute Gasteiger partial charge is 0.459 e. The Morgan fingerprint density at radius 3 is 2.42 bits per heavy atom. The Hall–Kier alpha value is -5.20. The van der Waals surface area contributed by atoms with Crippen LogP contribution in [0.3, 0.4) is 0 Å². The highest BCUT2D eigenvalue weighted by Crippen LogP contribution is 2.62. The number of unbranched alkanes of at least 4 members (excludes halogenated alkanes) is 2. The van der Waals surface area contributed by atoms with Gasteiger partial charge < -0.3 is 43.6 Å². The Balaban J connectivity index is 1.29. The van der Waals surface area contributed by atoms with Crippen LogP contribution in [-0.2, 0) is 25.7 Å². The van der Waals surface area contributed by atoms with Gasteiger partial charge in [-0.2, -0.15) is 0 Å². The lowest BCUT2D eigenvalue weighted by molar-refractivity contribution is -0.253. The number of aliphatic hydroxyl groups excluding tert-OH is 2. The molecule has 0 aromatic heterocycles. The number of likely N-dealkylation sites (N-methyl/N-ethyl adjacent to an activating group) is 1. The third-order valence-electron chi connectivity index (χ3n) is 12.1. The predicted molar refractivity (Wildman–Crippen MR) is 231 cm³/mol. The number of hydrogen-bond donors (Lipinski definition) is 2. The Kier molecular flexibility index (Phi) is 14.6. The standard InChI is InChI=1S/C49H58N2O9/c1-4-26-58-49-45(51(2)48(54)57-28-27-56-33-34-14-6-5-7-15-34)32-43(50-55-3)41-30-37(18-10-12-24-52)40(19-11-13-25-53)46(47(41)49)42-31-39(22-23-44(42)60-49)59-38-21-20-35-16-8-9-17-36(35)29-38/h4-9,14-17,20-23,29-31,37,40,45-47,52-53H,1,10-13,18-19,24-28,32-33H2,2-3H3/t37-,40+,45-,46+,47+,49+/m0/s1. The van der Waals surface area contributed by atoms with Crippen LogP contribution in [0.25, 0.3) is 10.8 Å². The van der Waals surface area contributed by atoms with E-state index in [-0.39, 0.29) is 57.2 Å². The molecule has 11 nitrogen and oxygen atoms in total. The molecule has 0 radical (unpaired) electrons. The fraction of sp³-hybridized carbons (Fsp3) is 0.429. The molecule has 1 saturated carbocycles. The topological polar surface area (TPSA) is 129 Å². The maximum Gasteiger partial charge on any atom is 0.410 e. The van der Waals surface area contributed by atoms with Crippen LogP contribution in [0.4, 0.5) is 4.79 Å². The van der Waals surface area contributed by atoms with Crippen LogP contribution in [-0.4, -0.2) is 85.9 Å². The molecule has 1 aliphatic heterocycles. The van der Waals surface area contributed by atoms with Crippen molar-refractivity contribution in [3.63, 3.8) is 0 Å². The summed E-state index contributed by atoms with van der Waals surface area (Å²) in [5, 5.41) is 26.6. The van der Waals surface area contributed by atoms with Gasteiger partial charge >= 0.3 is 6.09 Å². The lowest BCUT2D eigenvalue weighted by atomic mass is 9.55. The van der Waals surface area contributed by atoms with Crippen LogP contribution >= 0.6 is 0 Å². The fourth-order valence-corrected chi connectivity index (χ4v) is 9.45. The quantitative estimate of drug-likeness (QED) is 0.0510. The van der Waals surface area contributed by atoms with E-state index in [4.69, 9.17) is 28.5 Å². The molecular weight excluding hydrogens is 761 g/mol. The first-order chi connectivity index (χ1) is 29.4. The zero-order valence-electron chi connectivity index (χ0n) is 34.7. The highest BCUT2D eigenvalue weighted by molar-refractivity contribution is 6.03. The molecule has 1 fully saturated rings. The molecule has 1 amide bonds. The zero-order chi connectivity index (χ0) is 41.9. The van der Waals surface area contributed by atoms with Crippen molar-refractivity contribution >= 4 is 22.6 Å². The molecule has 6 atom stereocenters. The summed E-state index contributed by atoms with van der Waals surface area (Å²) in [6.07, 6.45) is 8.43. The molecule has 0 saturated heterocycles. The van der Waals surface area contributed by atoms with Crippen molar-refractivity contribution < 1.29 is 43.5 Å². The summed E-state index contributed by atoms with van der Waals surface area (Å²) in [5.41, 5.74) is 3.67. The highest BCUT2D eigenvalue weighted by atomic mass is 16.7. The van der Waals surface area contributed by atoms with Gasteiger partial charge in [-0.25, -0.2) is 4.79 Å². The van der Waals surface area contributed by atoms with E-state index in [1.54, 1.807) is 18.0 Å². The minimum absolute atomic E-state index is 0.0611. The molecule has 318 valence electrons. The van der Waals surface area contributed by atoms with E-state index < -0.39 is 23.8 Å². The van der Waals surface area contributed by atoms with E-state index in [1.807, 2.05) is 66.7 Å². The summed E-state index contributed by atoms with van der Waals surface area (Å²) in [4.78, 5) is 21.1. The SMILES string of the molecule is C=CCO[C@@]12Oc3ccc(Oc4ccc5ccccc5c4)cc3[C@H]3[C@H](CCCCO)[C@@H](CCCCO)C=C(C(=NOC)C[C@@H]1N(C)C(=O)OCCOCc1ccccc1)[C@H]32. The molecule has 2 aliphatic carbocycles. The first-order valence-electron chi connectivity index (χ1n) is 21.2. The van der Waals surface area contributed by atoms with Crippen LogP contribution in [0.5, 0.6) is 17.2 Å². The summed E-state index contributed by atoms with van der Waals surface area (Å²) in [6, 6.07) is 29.4. The Morgan fingerprint density at radius 2 is 1.65 bits per heavy atom. The van der Waals surface area contributed by atoms with Crippen molar-refractivity contribution in [3.05, 3.63) is 126 Å². The second-order valence-electron chi connectivity index (χ2n) is 15.8. The maximum absolute atomic E-state index is 14.0. The lowest BCUT2D eigenvalue weighted by Gasteiger charge is -2.59.